The molecule has 0 atom stereocenters. The number of ether oxygens (including phenoxy) is 2. The molecule has 0 unspecified atom stereocenters. The fourth-order valence-corrected chi connectivity index (χ4v) is 4.76. The molecule has 0 bridgehead atoms. The average molecular weight is 557 g/mol. The van der Waals surface area contributed by atoms with Gasteiger partial charge in [-0.25, -0.2) is 0 Å². The van der Waals surface area contributed by atoms with E-state index in [4.69, 9.17) is 20.9 Å². The Labute approximate surface area is 245 Å². The third kappa shape index (κ3) is 6.03. The minimum Gasteiger partial charge on any atom is -0.455 e. The topological polar surface area (TPSA) is 105 Å². The van der Waals surface area contributed by atoms with E-state index in [1.807, 2.05) is 64.1 Å². The predicted octanol–water partition coefficient (Wildman–Crippen LogP) is 8.13. The molecule has 0 aliphatic carbocycles. The molecule has 5 aromatic rings. The molecule has 5 aromatic carbocycles. The summed E-state index contributed by atoms with van der Waals surface area (Å²) in [7, 11) is 0. The number of hydrogen-bond acceptors (Lipinski definition) is 6. The SMILES string of the molecule is Cc1ccc(Oc2ccc(C(=O)c3cccc(C(=O)c4ccc(Oc5ccc(C)cc5C)c(N)c4)c3)cc2N)c(C)c1. The Bertz CT molecular complexity index is 1710. The van der Waals surface area contributed by atoms with Gasteiger partial charge in [-0.05, 0) is 93.4 Å². The van der Waals surface area contributed by atoms with Crippen molar-refractivity contribution in [2.24, 2.45) is 0 Å². The van der Waals surface area contributed by atoms with Crippen molar-refractivity contribution in [3.8, 4) is 23.0 Å². The van der Waals surface area contributed by atoms with E-state index in [-0.39, 0.29) is 11.6 Å². The number of rotatable bonds is 8. The van der Waals surface area contributed by atoms with Crippen LogP contribution in [0.2, 0.25) is 0 Å². The predicted molar refractivity (Wildman–Crippen MR) is 167 cm³/mol. The Balaban J connectivity index is 1.33. The third-order valence-corrected chi connectivity index (χ3v) is 7.03. The molecular weight excluding hydrogens is 524 g/mol. The molecule has 0 fully saturated rings. The van der Waals surface area contributed by atoms with Gasteiger partial charge in [-0.15, -0.1) is 0 Å². The van der Waals surface area contributed by atoms with Crippen LogP contribution in [0.5, 0.6) is 23.0 Å². The minimum absolute atomic E-state index is 0.258. The first-order valence-electron chi connectivity index (χ1n) is 13.6. The lowest BCUT2D eigenvalue weighted by molar-refractivity contribution is 0.103. The maximum Gasteiger partial charge on any atom is 0.193 e. The van der Waals surface area contributed by atoms with E-state index >= 15 is 0 Å². The Morgan fingerprint density at radius 2 is 0.857 bits per heavy atom. The molecule has 6 nitrogen and oxygen atoms in total. The standard InChI is InChI=1S/C36H32N2O4/c1-21-8-12-31(23(3)16-21)41-33-14-10-27(19-29(33)37)35(39)25-6-5-7-26(18-25)36(40)28-11-15-34(30(38)20-28)42-32-13-9-22(2)17-24(32)4/h5-20H,37-38H2,1-4H3. The molecule has 0 spiro atoms. The molecule has 0 amide bonds. The zero-order chi connectivity index (χ0) is 30.0. The molecule has 5 rings (SSSR count). The van der Waals surface area contributed by atoms with E-state index in [9.17, 15) is 9.59 Å². The summed E-state index contributed by atoms with van der Waals surface area (Å²) in [5.41, 5.74) is 19.0. The van der Waals surface area contributed by atoms with Gasteiger partial charge in [-0.3, -0.25) is 9.59 Å². The quantitative estimate of drug-likeness (QED) is 0.148. The zero-order valence-corrected chi connectivity index (χ0v) is 24.0. The van der Waals surface area contributed by atoms with E-state index in [0.29, 0.717) is 56.6 Å². The molecule has 6 heteroatoms. The van der Waals surface area contributed by atoms with Crippen molar-refractivity contribution in [2.75, 3.05) is 11.5 Å². The lowest BCUT2D eigenvalue weighted by Crippen LogP contribution is -2.07. The van der Waals surface area contributed by atoms with Gasteiger partial charge in [-0.2, -0.15) is 0 Å². The van der Waals surface area contributed by atoms with Crippen LogP contribution in [0.3, 0.4) is 0 Å². The molecular formula is C36H32N2O4. The second-order valence-electron chi connectivity index (χ2n) is 10.5. The summed E-state index contributed by atoms with van der Waals surface area (Å²) in [4.78, 5) is 26.7. The lowest BCUT2D eigenvalue weighted by atomic mass is 9.97. The van der Waals surface area contributed by atoms with Crippen LogP contribution < -0.4 is 20.9 Å². The molecule has 0 aliphatic rings. The van der Waals surface area contributed by atoms with Gasteiger partial charge in [0.25, 0.3) is 0 Å². The van der Waals surface area contributed by atoms with Crippen LogP contribution in [0.15, 0.2) is 97.1 Å². The molecule has 0 aliphatic heterocycles. The number of carbonyl (C=O) groups is 2. The monoisotopic (exact) mass is 556 g/mol. The van der Waals surface area contributed by atoms with E-state index in [2.05, 4.69) is 0 Å². The van der Waals surface area contributed by atoms with Gasteiger partial charge in [0, 0.05) is 22.3 Å². The van der Waals surface area contributed by atoms with Crippen LogP contribution in [-0.2, 0) is 0 Å². The molecule has 0 saturated carbocycles. The smallest absolute Gasteiger partial charge is 0.193 e. The van der Waals surface area contributed by atoms with Gasteiger partial charge >= 0.3 is 0 Å². The number of aryl methyl sites for hydroxylation is 4. The summed E-state index contributed by atoms with van der Waals surface area (Å²) >= 11 is 0. The van der Waals surface area contributed by atoms with Crippen LogP contribution >= 0.6 is 0 Å². The lowest BCUT2D eigenvalue weighted by Gasteiger charge is -2.13. The minimum atomic E-state index is -0.258. The summed E-state index contributed by atoms with van der Waals surface area (Å²) < 4.78 is 12.0. The van der Waals surface area contributed by atoms with Crippen molar-refractivity contribution in [3.05, 3.63) is 142 Å². The van der Waals surface area contributed by atoms with E-state index in [1.54, 1.807) is 60.7 Å². The highest BCUT2D eigenvalue weighted by Crippen LogP contribution is 2.33. The molecule has 0 saturated heterocycles. The van der Waals surface area contributed by atoms with E-state index in [1.165, 1.54) is 0 Å². The largest absolute Gasteiger partial charge is 0.455 e. The number of carbonyl (C=O) groups excluding carboxylic acids is 2. The zero-order valence-electron chi connectivity index (χ0n) is 24.0. The fraction of sp³-hybridized carbons (Fsp3) is 0.111. The Morgan fingerprint density at radius 1 is 0.476 bits per heavy atom. The van der Waals surface area contributed by atoms with Crippen molar-refractivity contribution in [1.82, 2.24) is 0 Å². The van der Waals surface area contributed by atoms with Crippen LogP contribution in [0.1, 0.15) is 54.1 Å². The summed E-state index contributed by atoms with van der Waals surface area (Å²) in [6.45, 7) is 7.96. The highest BCUT2D eigenvalue weighted by Gasteiger charge is 2.17. The molecule has 4 N–H and O–H groups in total. The van der Waals surface area contributed by atoms with E-state index < -0.39 is 0 Å². The van der Waals surface area contributed by atoms with Gasteiger partial charge in [-0.1, -0.05) is 53.6 Å². The van der Waals surface area contributed by atoms with Crippen molar-refractivity contribution in [3.63, 3.8) is 0 Å². The molecule has 42 heavy (non-hydrogen) atoms. The van der Waals surface area contributed by atoms with Gasteiger partial charge in [0.15, 0.2) is 11.6 Å². The molecule has 0 aromatic heterocycles. The Kier molecular flexibility index (Phi) is 7.80. The average Bonchev–Trinajstić information content (AvgIpc) is 2.97. The molecule has 210 valence electrons. The van der Waals surface area contributed by atoms with Gasteiger partial charge in [0.1, 0.15) is 23.0 Å². The van der Waals surface area contributed by atoms with Crippen LogP contribution in [0.4, 0.5) is 11.4 Å². The third-order valence-electron chi connectivity index (χ3n) is 7.03. The molecule has 0 radical (unpaired) electrons. The number of nitrogen functional groups attached to an aromatic ring is 2. The second kappa shape index (κ2) is 11.6. The summed E-state index contributed by atoms with van der Waals surface area (Å²) in [5.74, 6) is 1.80. The highest BCUT2D eigenvalue weighted by atomic mass is 16.5. The maximum absolute atomic E-state index is 13.3. The number of nitrogens with two attached hydrogens (primary N) is 2. The fourth-order valence-electron chi connectivity index (χ4n) is 4.76. The van der Waals surface area contributed by atoms with Crippen molar-refractivity contribution in [2.45, 2.75) is 27.7 Å². The van der Waals surface area contributed by atoms with Crippen molar-refractivity contribution >= 4 is 22.9 Å². The number of ketones is 2. The first-order chi connectivity index (χ1) is 20.1. The maximum atomic E-state index is 13.3. The summed E-state index contributed by atoms with van der Waals surface area (Å²) in [6, 6.07) is 28.3. The van der Waals surface area contributed by atoms with Gasteiger partial charge in [0.2, 0.25) is 0 Å². The number of anilines is 2. The van der Waals surface area contributed by atoms with Crippen LogP contribution in [-0.4, -0.2) is 11.6 Å². The summed E-state index contributed by atoms with van der Waals surface area (Å²) in [6.07, 6.45) is 0. The molecule has 0 heterocycles. The van der Waals surface area contributed by atoms with Crippen molar-refractivity contribution < 1.29 is 19.1 Å². The highest BCUT2D eigenvalue weighted by molar-refractivity contribution is 6.13. The van der Waals surface area contributed by atoms with Crippen LogP contribution in [0, 0.1) is 27.7 Å². The normalized spacial score (nSPS) is 10.8. The summed E-state index contributed by atoms with van der Waals surface area (Å²) in [5, 5.41) is 0. The number of hydrogen-bond donors (Lipinski definition) is 2. The Morgan fingerprint density at radius 3 is 1.24 bits per heavy atom. The van der Waals surface area contributed by atoms with Crippen molar-refractivity contribution in [1.29, 1.82) is 0 Å². The van der Waals surface area contributed by atoms with Gasteiger partial charge < -0.3 is 20.9 Å². The Hall–Kier alpha value is -5.36. The second-order valence-corrected chi connectivity index (χ2v) is 10.5. The first kappa shape index (κ1) is 28.2. The first-order valence-corrected chi connectivity index (χ1v) is 13.6. The van der Waals surface area contributed by atoms with Crippen LogP contribution in [0.25, 0.3) is 0 Å². The number of benzene rings is 5. The van der Waals surface area contributed by atoms with Gasteiger partial charge in [0.05, 0.1) is 11.4 Å². The van der Waals surface area contributed by atoms with E-state index in [0.717, 1.165) is 22.3 Å².